The fourth-order valence-electron chi connectivity index (χ4n) is 5.36. The lowest BCUT2D eigenvalue weighted by Gasteiger charge is -2.29. The van der Waals surface area contributed by atoms with Gasteiger partial charge >= 0.3 is 0 Å². The third-order valence-electron chi connectivity index (χ3n) is 7.60. The molecule has 186 valence electrons. The summed E-state index contributed by atoms with van der Waals surface area (Å²) in [7, 11) is 0. The van der Waals surface area contributed by atoms with E-state index >= 15 is 0 Å². The minimum absolute atomic E-state index is 0.0442. The van der Waals surface area contributed by atoms with Crippen molar-refractivity contribution in [3.05, 3.63) is 24.7 Å². The van der Waals surface area contributed by atoms with Crippen LogP contribution in [0.2, 0.25) is 0 Å². The minimum atomic E-state index is -0.925. The van der Waals surface area contributed by atoms with Crippen LogP contribution < -0.4 is 10.2 Å². The third-order valence-corrected chi connectivity index (χ3v) is 7.60. The van der Waals surface area contributed by atoms with Gasteiger partial charge in [-0.2, -0.15) is 10.1 Å². The van der Waals surface area contributed by atoms with Gasteiger partial charge in [0.25, 0.3) is 0 Å². The average Bonchev–Trinajstić information content (AvgIpc) is 3.23. The van der Waals surface area contributed by atoms with E-state index in [1.165, 1.54) is 0 Å². The molecule has 2 aliphatic heterocycles. The molecular weight excluding hydrogens is 448 g/mol. The highest BCUT2D eigenvalue weighted by Gasteiger charge is 2.57. The number of carbonyl (C=O) groups is 2. The topological polar surface area (TPSA) is 140 Å². The third kappa shape index (κ3) is 3.97. The fourth-order valence-corrected chi connectivity index (χ4v) is 5.36. The van der Waals surface area contributed by atoms with Gasteiger partial charge in [-0.1, -0.05) is 0 Å². The molecule has 1 saturated carbocycles. The van der Waals surface area contributed by atoms with Gasteiger partial charge in [-0.05, 0) is 58.4 Å². The Kier molecular flexibility index (Phi) is 5.62. The molecule has 2 amide bonds. The van der Waals surface area contributed by atoms with E-state index in [4.69, 9.17) is 5.41 Å². The van der Waals surface area contributed by atoms with Crippen molar-refractivity contribution in [2.45, 2.75) is 58.1 Å². The number of β-amino-alcohol motifs (C(OH)–C–C–N with tert-alkyl or cyclic N) is 1. The number of nitrogens with zero attached hydrogens (tertiary/aromatic N) is 6. The van der Waals surface area contributed by atoms with Gasteiger partial charge in [0, 0.05) is 37.7 Å². The molecule has 11 heteroatoms. The SMILES string of the molecule is CC(=N)[C@@]1(C2CC2)CCN(c2ccnc(Nc3cnn(C(C)(C)C(=O)N4CC[C@@H](O)C4)c3)n2)C1=O. The number of aliphatic hydroxyl groups excluding tert-OH is 1. The smallest absolute Gasteiger partial charge is 0.250 e. The van der Waals surface area contributed by atoms with E-state index < -0.39 is 17.1 Å². The highest BCUT2D eigenvalue weighted by atomic mass is 16.3. The van der Waals surface area contributed by atoms with Gasteiger partial charge in [0.2, 0.25) is 17.8 Å². The van der Waals surface area contributed by atoms with Gasteiger partial charge in [-0.15, -0.1) is 0 Å². The summed E-state index contributed by atoms with van der Waals surface area (Å²) in [6.07, 6.45) is 7.66. The van der Waals surface area contributed by atoms with E-state index in [9.17, 15) is 14.7 Å². The summed E-state index contributed by atoms with van der Waals surface area (Å²) in [6.45, 7) is 6.73. The quantitative estimate of drug-likeness (QED) is 0.514. The van der Waals surface area contributed by atoms with Crippen molar-refractivity contribution in [3.63, 3.8) is 0 Å². The van der Waals surface area contributed by atoms with Crippen LogP contribution in [0.3, 0.4) is 0 Å². The lowest BCUT2D eigenvalue weighted by atomic mass is 9.77. The van der Waals surface area contributed by atoms with E-state index in [-0.39, 0.29) is 17.7 Å². The molecule has 2 atom stereocenters. The van der Waals surface area contributed by atoms with Crippen LogP contribution in [-0.2, 0) is 15.1 Å². The summed E-state index contributed by atoms with van der Waals surface area (Å²) in [4.78, 5) is 38.5. The Morgan fingerprint density at radius 3 is 2.71 bits per heavy atom. The summed E-state index contributed by atoms with van der Waals surface area (Å²) >= 11 is 0. The van der Waals surface area contributed by atoms with Crippen LogP contribution in [0, 0.1) is 16.7 Å². The first-order chi connectivity index (χ1) is 16.6. The second-order valence-corrected chi connectivity index (χ2v) is 10.4. The van der Waals surface area contributed by atoms with Crippen molar-refractivity contribution in [2.75, 3.05) is 29.9 Å². The molecular formula is C24H32N8O3. The molecule has 0 radical (unpaired) electrons. The molecule has 0 bridgehead atoms. The Morgan fingerprint density at radius 2 is 2.06 bits per heavy atom. The maximum Gasteiger partial charge on any atom is 0.250 e. The zero-order valence-electron chi connectivity index (χ0n) is 20.4. The Morgan fingerprint density at radius 1 is 1.29 bits per heavy atom. The zero-order valence-corrected chi connectivity index (χ0v) is 20.4. The number of rotatable bonds is 7. The number of amides is 2. The number of aromatic nitrogens is 4. The van der Waals surface area contributed by atoms with Crippen molar-refractivity contribution in [3.8, 4) is 0 Å². The lowest BCUT2D eigenvalue weighted by molar-refractivity contribution is -0.139. The molecule has 4 heterocycles. The van der Waals surface area contributed by atoms with E-state index in [0.717, 1.165) is 12.8 Å². The molecule has 2 saturated heterocycles. The Labute approximate surface area is 204 Å². The Hall–Kier alpha value is -3.34. The number of nitrogens with one attached hydrogen (secondary N) is 2. The molecule has 2 aromatic rings. The largest absolute Gasteiger partial charge is 0.391 e. The zero-order chi connectivity index (χ0) is 25.0. The number of hydrogen-bond acceptors (Lipinski definition) is 8. The molecule has 35 heavy (non-hydrogen) atoms. The first kappa shape index (κ1) is 23.4. The van der Waals surface area contributed by atoms with Gasteiger partial charge in [-0.25, -0.2) is 4.98 Å². The summed E-state index contributed by atoms with van der Waals surface area (Å²) in [5, 5.41) is 25.6. The van der Waals surface area contributed by atoms with Crippen molar-refractivity contribution in [2.24, 2.45) is 11.3 Å². The summed E-state index contributed by atoms with van der Waals surface area (Å²) < 4.78 is 1.59. The average molecular weight is 481 g/mol. The predicted molar refractivity (Wildman–Crippen MR) is 130 cm³/mol. The van der Waals surface area contributed by atoms with Crippen molar-refractivity contribution in [1.29, 1.82) is 5.41 Å². The molecule has 0 unspecified atom stereocenters. The van der Waals surface area contributed by atoms with Crippen LogP contribution in [0.25, 0.3) is 0 Å². The van der Waals surface area contributed by atoms with Crippen LogP contribution in [0.4, 0.5) is 17.5 Å². The number of likely N-dealkylation sites (tertiary alicyclic amines) is 1. The predicted octanol–water partition coefficient (Wildman–Crippen LogP) is 1.92. The molecule has 1 aliphatic carbocycles. The second kappa shape index (κ2) is 8.40. The van der Waals surface area contributed by atoms with Crippen LogP contribution in [0.1, 0.15) is 46.5 Å². The van der Waals surface area contributed by atoms with Crippen LogP contribution >= 0.6 is 0 Å². The van der Waals surface area contributed by atoms with Crippen molar-refractivity contribution >= 4 is 35.0 Å². The van der Waals surface area contributed by atoms with E-state index in [1.54, 1.807) is 59.9 Å². The molecule has 3 fully saturated rings. The van der Waals surface area contributed by atoms with Gasteiger partial charge in [0.05, 0.1) is 23.4 Å². The highest BCUT2D eigenvalue weighted by molar-refractivity contribution is 6.14. The molecule has 11 nitrogen and oxygen atoms in total. The molecule has 3 aliphatic rings. The summed E-state index contributed by atoms with van der Waals surface area (Å²) in [5.74, 6) is 0.939. The molecule has 2 aromatic heterocycles. The maximum atomic E-state index is 13.4. The summed E-state index contributed by atoms with van der Waals surface area (Å²) in [6, 6.07) is 1.71. The Balaban J connectivity index is 1.31. The molecule has 3 N–H and O–H groups in total. The number of anilines is 3. The number of hydrogen-bond donors (Lipinski definition) is 3. The molecule has 5 rings (SSSR count). The first-order valence-electron chi connectivity index (χ1n) is 12.1. The van der Waals surface area contributed by atoms with E-state index in [0.29, 0.717) is 55.6 Å². The normalized spacial score (nSPS) is 24.8. The minimum Gasteiger partial charge on any atom is -0.391 e. The fraction of sp³-hybridized carbons (Fsp3) is 0.583. The van der Waals surface area contributed by atoms with Crippen LogP contribution in [-0.4, -0.2) is 73.0 Å². The van der Waals surface area contributed by atoms with Gasteiger partial charge in [0.15, 0.2) is 0 Å². The van der Waals surface area contributed by atoms with Crippen molar-refractivity contribution < 1.29 is 14.7 Å². The van der Waals surface area contributed by atoms with Crippen molar-refractivity contribution in [1.82, 2.24) is 24.6 Å². The van der Waals surface area contributed by atoms with Crippen LogP contribution in [0.5, 0.6) is 0 Å². The lowest BCUT2D eigenvalue weighted by Crippen LogP contribution is -2.46. The van der Waals surface area contributed by atoms with Gasteiger partial charge in [-0.3, -0.25) is 19.2 Å². The first-order valence-corrected chi connectivity index (χ1v) is 12.1. The van der Waals surface area contributed by atoms with Gasteiger partial charge < -0.3 is 20.7 Å². The maximum absolute atomic E-state index is 13.4. The number of aliphatic hydroxyl groups is 1. The van der Waals surface area contributed by atoms with Gasteiger partial charge in [0.1, 0.15) is 11.4 Å². The molecule has 0 spiro atoms. The Bertz CT molecular complexity index is 1170. The monoisotopic (exact) mass is 480 g/mol. The summed E-state index contributed by atoms with van der Waals surface area (Å²) in [5.41, 5.74) is -0.568. The standard InChI is InChI=1S/C24H32N8O3/c1-15(25)24(16-4-5-16)8-11-31(21(24)35)19-6-9-26-22(29-19)28-17-12-27-32(13-17)23(2,3)20(34)30-10-7-18(33)14-30/h6,9,12-13,16,18,25,33H,4-5,7-8,10-11,14H2,1-3H3,(H,26,28,29)/t18-,24-/m1/s1. The number of carbonyl (C=O) groups excluding carboxylic acids is 2. The van der Waals surface area contributed by atoms with E-state index in [1.807, 2.05) is 0 Å². The molecule has 0 aromatic carbocycles. The highest BCUT2D eigenvalue weighted by Crippen LogP contribution is 2.52. The van der Waals surface area contributed by atoms with Crippen LogP contribution in [0.15, 0.2) is 24.7 Å². The van der Waals surface area contributed by atoms with E-state index in [2.05, 4.69) is 20.4 Å². The second-order valence-electron chi connectivity index (χ2n) is 10.4.